The average Bonchev–Trinajstić information content (AvgIpc) is 2.93. The number of nitro groups is 1. The number of hydrogen-bond acceptors (Lipinski definition) is 6. The number of amides is 2. The van der Waals surface area contributed by atoms with Gasteiger partial charge in [0.25, 0.3) is 5.69 Å². The second-order valence-corrected chi connectivity index (χ2v) is 12.2. The van der Waals surface area contributed by atoms with Crippen molar-refractivity contribution in [3.8, 4) is 0 Å². The Kier molecular flexibility index (Phi) is 10.6. The molecule has 3 aromatic rings. The van der Waals surface area contributed by atoms with Crippen molar-refractivity contribution < 1.29 is 22.9 Å². The first-order chi connectivity index (χ1) is 19.4. The molecule has 0 saturated heterocycles. The number of sulfonamides is 1. The average molecular weight is 581 g/mol. The predicted octanol–water partition coefficient (Wildman–Crippen LogP) is 4.08. The van der Waals surface area contributed by atoms with Crippen molar-refractivity contribution in [2.45, 2.75) is 39.8 Å². The molecule has 3 aromatic carbocycles. The Morgan fingerprint density at radius 1 is 0.976 bits per heavy atom. The van der Waals surface area contributed by atoms with Gasteiger partial charge in [0, 0.05) is 31.6 Å². The fourth-order valence-electron chi connectivity index (χ4n) is 4.32. The normalized spacial score (nSPS) is 12.0. The smallest absolute Gasteiger partial charge is 0.271 e. The Morgan fingerprint density at radius 3 is 2.24 bits per heavy atom. The van der Waals surface area contributed by atoms with Gasteiger partial charge in [-0.25, -0.2) is 8.42 Å². The molecule has 0 unspecified atom stereocenters. The molecular formula is C30H36N4O6S. The zero-order valence-electron chi connectivity index (χ0n) is 23.7. The summed E-state index contributed by atoms with van der Waals surface area (Å²) in [6.07, 6.45) is 1.14. The zero-order valence-corrected chi connectivity index (χ0v) is 24.5. The highest BCUT2D eigenvalue weighted by Gasteiger charge is 2.33. The summed E-state index contributed by atoms with van der Waals surface area (Å²) < 4.78 is 26.6. The largest absolute Gasteiger partial charge is 0.354 e. The van der Waals surface area contributed by atoms with E-state index in [1.165, 1.54) is 23.1 Å². The number of nitrogens with zero attached hydrogens (tertiary/aromatic N) is 3. The monoisotopic (exact) mass is 580 g/mol. The number of anilines is 1. The Balaban J connectivity index is 2.08. The molecule has 0 heterocycles. The third-order valence-electron chi connectivity index (χ3n) is 6.57. The van der Waals surface area contributed by atoms with Crippen LogP contribution >= 0.6 is 0 Å². The SMILES string of the molecule is Cc1ccccc1CN(C(=O)CN(c1cccc([N+](=O)[O-])c1)S(C)(=O)=O)[C@H](Cc1ccccc1)C(=O)NCC(C)C. The Morgan fingerprint density at radius 2 is 1.63 bits per heavy atom. The van der Waals surface area contributed by atoms with Gasteiger partial charge in [-0.05, 0) is 35.6 Å². The highest BCUT2D eigenvalue weighted by atomic mass is 32.2. The molecule has 0 aromatic heterocycles. The van der Waals surface area contributed by atoms with E-state index in [2.05, 4.69) is 5.32 Å². The number of benzene rings is 3. The lowest BCUT2D eigenvalue weighted by Crippen LogP contribution is -2.53. The van der Waals surface area contributed by atoms with Crippen LogP contribution in [0.2, 0.25) is 0 Å². The minimum atomic E-state index is -4.03. The van der Waals surface area contributed by atoms with Crippen LogP contribution < -0.4 is 9.62 Å². The standard InChI is InChI=1S/C30H36N4O6S/c1-22(2)19-31-30(36)28(17-24-12-6-5-7-13-24)32(20-25-14-9-8-11-23(25)3)29(35)21-33(41(4,39)40)26-15-10-16-27(18-26)34(37)38/h5-16,18,22,28H,17,19-21H2,1-4H3,(H,31,36)/t28-/m1/s1. The van der Waals surface area contributed by atoms with E-state index >= 15 is 0 Å². The summed E-state index contributed by atoms with van der Waals surface area (Å²) in [6.45, 7) is 5.64. The van der Waals surface area contributed by atoms with E-state index in [0.29, 0.717) is 6.54 Å². The van der Waals surface area contributed by atoms with Gasteiger partial charge in [0.05, 0.1) is 16.9 Å². The second-order valence-electron chi connectivity index (χ2n) is 10.3. The Hall–Kier alpha value is -4.25. The number of carbonyl (C=O) groups is 2. The molecule has 0 fully saturated rings. The third kappa shape index (κ3) is 8.87. The van der Waals surface area contributed by atoms with Crippen LogP contribution in [0.4, 0.5) is 11.4 Å². The van der Waals surface area contributed by atoms with E-state index in [4.69, 9.17) is 0 Å². The summed E-state index contributed by atoms with van der Waals surface area (Å²) >= 11 is 0. The molecule has 41 heavy (non-hydrogen) atoms. The maximum atomic E-state index is 14.1. The molecule has 0 radical (unpaired) electrons. The number of hydrogen-bond donors (Lipinski definition) is 1. The van der Waals surface area contributed by atoms with Gasteiger partial charge in [-0.3, -0.25) is 24.0 Å². The zero-order chi connectivity index (χ0) is 30.2. The lowest BCUT2D eigenvalue weighted by atomic mass is 10.0. The minimum Gasteiger partial charge on any atom is -0.354 e. The van der Waals surface area contributed by atoms with Gasteiger partial charge in [0.2, 0.25) is 21.8 Å². The first kappa shape index (κ1) is 31.3. The lowest BCUT2D eigenvalue weighted by molar-refractivity contribution is -0.384. The summed E-state index contributed by atoms with van der Waals surface area (Å²) in [4.78, 5) is 39.8. The van der Waals surface area contributed by atoms with Gasteiger partial charge in [-0.15, -0.1) is 0 Å². The molecule has 0 spiro atoms. The summed E-state index contributed by atoms with van der Waals surface area (Å²) in [5.41, 5.74) is 2.21. The summed E-state index contributed by atoms with van der Waals surface area (Å²) in [5.74, 6) is -0.803. The quantitative estimate of drug-likeness (QED) is 0.240. The molecule has 0 aliphatic carbocycles. The van der Waals surface area contributed by atoms with Crippen LogP contribution in [0.25, 0.3) is 0 Å². The van der Waals surface area contributed by atoms with E-state index in [1.807, 2.05) is 75.4 Å². The molecule has 2 amide bonds. The van der Waals surface area contributed by atoms with E-state index in [9.17, 15) is 28.1 Å². The molecular weight excluding hydrogens is 544 g/mol. The number of non-ortho nitro benzene ring substituents is 1. The van der Waals surface area contributed by atoms with Crippen LogP contribution in [0.15, 0.2) is 78.9 Å². The maximum absolute atomic E-state index is 14.1. The van der Waals surface area contributed by atoms with Gasteiger partial charge in [0.15, 0.2) is 0 Å². The number of nitro benzene ring substituents is 1. The number of carbonyl (C=O) groups excluding carboxylic acids is 2. The summed E-state index contributed by atoms with van der Waals surface area (Å²) in [7, 11) is -4.03. The molecule has 11 heteroatoms. The molecule has 0 bridgehead atoms. The van der Waals surface area contributed by atoms with Gasteiger partial charge in [-0.2, -0.15) is 0 Å². The number of nitrogens with one attached hydrogen (secondary N) is 1. The number of rotatable bonds is 13. The van der Waals surface area contributed by atoms with Gasteiger partial charge >= 0.3 is 0 Å². The topological polar surface area (TPSA) is 130 Å². The molecule has 3 rings (SSSR count). The lowest BCUT2D eigenvalue weighted by Gasteiger charge is -2.34. The highest BCUT2D eigenvalue weighted by molar-refractivity contribution is 7.92. The van der Waals surface area contributed by atoms with Crippen molar-refractivity contribution in [2.75, 3.05) is 23.7 Å². The molecule has 218 valence electrons. The molecule has 0 saturated carbocycles. The van der Waals surface area contributed by atoms with E-state index in [-0.39, 0.29) is 36.2 Å². The molecule has 10 nitrogen and oxygen atoms in total. The first-order valence-electron chi connectivity index (χ1n) is 13.2. The van der Waals surface area contributed by atoms with Gasteiger partial charge in [-0.1, -0.05) is 74.5 Å². The van der Waals surface area contributed by atoms with E-state index in [1.54, 1.807) is 0 Å². The minimum absolute atomic E-state index is 0.0187. The second kappa shape index (κ2) is 13.9. The molecule has 0 aliphatic rings. The van der Waals surface area contributed by atoms with Crippen LogP contribution in [0, 0.1) is 23.0 Å². The number of aryl methyl sites for hydroxylation is 1. The first-order valence-corrected chi connectivity index (χ1v) is 15.1. The summed E-state index contributed by atoms with van der Waals surface area (Å²) in [5, 5.41) is 14.3. The van der Waals surface area contributed by atoms with Crippen LogP contribution in [0.1, 0.15) is 30.5 Å². The molecule has 1 atom stereocenters. The fraction of sp³-hybridized carbons (Fsp3) is 0.333. The Bertz CT molecular complexity index is 1480. The van der Waals surface area contributed by atoms with Crippen molar-refractivity contribution >= 4 is 33.2 Å². The summed E-state index contributed by atoms with van der Waals surface area (Å²) in [6, 6.07) is 20.9. The van der Waals surface area contributed by atoms with Crippen molar-refractivity contribution in [3.63, 3.8) is 0 Å². The van der Waals surface area contributed by atoms with Crippen LogP contribution in [-0.4, -0.2) is 55.4 Å². The predicted molar refractivity (Wildman–Crippen MR) is 159 cm³/mol. The van der Waals surface area contributed by atoms with Crippen molar-refractivity contribution in [1.82, 2.24) is 10.2 Å². The van der Waals surface area contributed by atoms with Crippen molar-refractivity contribution in [2.24, 2.45) is 5.92 Å². The Labute approximate surface area is 241 Å². The van der Waals surface area contributed by atoms with E-state index in [0.717, 1.165) is 33.3 Å². The maximum Gasteiger partial charge on any atom is 0.271 e. The van der Waals surface area contributed by atoms with Gasteiger partial charge in [0.1, 0.15) is 12.6 Å². The molecule has 1 N–H and O–H groups in total. The van der Waals surface area contributed by atoms with Crippen LogP contribution in [0.5, 0.6) is 0 Å². The van der Waals surface area contributed by atoms with E-state index < -0.39 is 33.4 Å². The van der Waals surface area contributed by atoms with Crippen molar-refractivity contribution in [3.05, 3.63) is 106 Å². The van der Waals surface area contributed by atoms with Crippen LogP contribution in [0.3, 0.4) is 0 Å². The highest BCUT2D eigenvalue weighted by Crippen LogP contribution is 2.24. The fourth-order valence-corrected chi connectivity index (χ4v) is 5.16. The van der Waals surface area contributed by atoms with Crippen LogP contribution in [-0.2, 0) is 32.6 Å². The van der Waals surface area contributed by atoms with Gasteiger partial charge < -0.3 is 10.2 Å². The third-order valence-corrected chi connectivity index (χ3v) is 7.71. The molecule has 0 aliphatic heterocycles. The van der Waals surface area contributed by atoms with Crippen molar-refractivity contribution in [1.29, 1.82) is 0 Å².